The fourth-order valence-electron chi connectivity index (χ4n) is 2.64. The summed E-state index contributed by atoms with van der Waals surface area (Å²) in [6.45, 7) is 4.55. The molecule has 1 aromatic heterocycles. The first kappa shape index (κ1) is 17.6. The molecular weight excluding hydrogens is 324 g/mol. The van der Waals surface area contributed by atoms with Crippen molar-refractivity contribution in [3.63, 3.8) is 0 Å². The van der Waals surface area contributed by atoms with Gasteiger partial charge in [-0.15, -0.1) is 0 Å². The molecule has 0 radical (unpaired) electrons. The number of hydrogen-bond acceptors (Lipinski definition) is 4. The minimum Gasteiger partial charge on any atom is -0.362 e. The summed E-state index contributed by atoms with van der Waals surface area (Å²) in [5.41, 5.74) is 3.70. The standard InChI is InChI=1S/C21H22N4O/c1-15-8-6-7-11-18(15)12-24-21(26)19-13-23-20(14-22-19)25-16(2)17-9-4-3-5-10-17/h3-11,13-14,16H,12H2,1-2H3,(H,23,25)(H,24,26). The molecule has 3 rings (SSSR count). The summed E-state index contributed by atoms with van der Waals surface area (Å²) in [5.74, 6) is 0.403. The van der Waals surface area contributed by atoms with Gasteiger partial charge in [-0.1, -0.05) is 54.6 Å². The Morgan fingerprint density at radius 1 is 1.00 bits per heavy atom. The molecule has 0 saturated carbocycles. The quantitative estimate of drug-likeness (QED) is 0.711. The molecule has 0 spiro atoms. The third kappa shape index (κ3) is 4.45. The number of amides is 1. The average Bonchev–Trinajstić information content (AvgIpc) is 2.68. The van der Waals surface area contributed by atoms with Crippen LogP contribution in [0.15, 0.2) is 67.0 Å². The largest absolute Gasteiger partial charge is 0.362 e. The van der Waals surface area contributed by atoms with Crippen LogP contribution >= 0.6 is 0 Å². The first-order valence-electron chi connectivity index (χ1n) is 8.59. The highest BCUT2D eigenvalue weighted by Crippen LogP contribution is 2.16. The number of aromatic nitrogens is 2. The number of anilines is 1. The molecule has 0 aliphatic rings. The second-order valence-corrected chi connectivity index (χ2v) is 6.17. The summed E-state index contributed by atoms with van der Waals surface area (Å²) >= 11 is 0. The smallest absolute Gasteiger partial charge is 0.271 e. The molecule has 5 nitrogen and oxygen atoms in total. The van der Waals surface area contributed by atoms with Gasteiger partial charge in [0.05, 0.1) is 12.4 Å². The van der Waals surface area contributed by atoms with Crippen LogP contribution in [0.3, 0.4) is 0 Å². The van der Waals surface area contributed by atoms with E-state index in [4.69, 9.17) is 0 Å². The Bertz CT molecular complexity index is 863. The van der Waals surface area contributed by atoms with Gasteiger partial charge in [0.2, 0.25) is 0 Å². The van der Waals surface area contributed by atoms with Gasteiger partial charge in [-0.2, -0.15) is 0 Å². The lowest BCUT2D eigenvalue weighted by molar-refractivity contribution is 0.0945. The van der Waals surface area contributed by atoms with Gasteiger partial charge in [-0.05, 0) is 30.5 Å². The molecule has 2 N–H and O–H groups in total. The zero-order chi connectivity index (χ0) is 18.4. The van der Waals surface area contributed by atoms with Crippen LogP contribution in [0.2, 0.25) is 0 Å². The first-order chi connectivity index (χ1) is 12.6. The third-order valence-corrected chi connectivity index (χ3v) is 4.25. The molecule has 0 saturated heterocycles. The van der Waals surface area contributed by atoms with Gasteiger partial charge >= 0.3 is 0 Å². The third-order valence-electron chi connectivity index (χ3n) is 4.25. The van der Waals surface area contributed by atoms with Gasteiger partial charge in [0.25, 0.3) is 5.91 Å². The molecular formula is C21H22N4O. The number of carbonyl (C=O) groups is 1. The van der Waals surface area contributed by atoms with Gasteiger partial charge < -0.3 is 10.6 Å². The average molecular weight is 346 g/mol. The molecule has 0 aliphatic carbocycles. The SMILES string of the molecule is Cc1ccccc1CNC(=O)c1cnc(NC(C)c2ccccc2)cn1. The Hall–Kier alpha value is -3.21. The number of carbonyl (C=O) groups excluding carboxylic acids is 1. The van der Waals surface area contributed by atoms with Gasteiger partial charge in [0, 0.05) is 12.6 Å². The highest BCUT2D eigenvalue weighted by atomic mass is 16.1. The van der Waals surface area contributed by atoms with Crippen molar-refractivity contribution < 1.29 is 4.79 Å². The normalized spacial score (nSPS) is 11.6. The lowest BCUT2D eigenvalue weighted by atomic mass is 10.1. The van der Waals surface area contributed by atoms with E-state index in [1.165, 1.54) is 6.20 Å². The lowest BCUT2D eigenvalue weighted by Gasteiger charge is -2.14. The van der Waals surface area contributed by atoms with Crippen LogP contribution < -0.4 is 10.6 Å². The highest BCUT2D eigenvalue weighted by Gasteiger charge is 2.10. The molecule has 0 bridgehead atoms. The monoisotopic (exact) mass is 346 g/mol. The Morgan fingerprint density at radius 3 is 2.42 bits per heavy atom. The maximum Gasteiger partial charge on any atom is 0.271 e. The second-order valence-electron chi connectivity index (χ2n) is 6.17. The van der Waals surface area contributed by atoms with E-state index >= 15 is 0 Å². The molecule has 3 aromatic rings. The fraction of sp³-hybridized carbons (Fsp3) is 0.190. The zero-order valence-corrected chi connectivity index (χ0v) is 14.9. The van der Waals surface area contributed by atoms with Crippen molar-refractivity contribution in [1.82, 2.24) is 15.3 Å². The van der Waals surface area contributed by atoms with Crippen molar-refractivity contribution in [2.45, 2.75) is 26.4 Å². The van der Waals surface area contributed by atoms with Gasteiger partial charge in [-0.3, -0.25) is 4.79 Å². The van der Waals surface area contributed by atoms with E-state index in [1.807, 2.05) is 49.4 Å². The maximum absolute atomic E-state index is 12.3. The van der Waals surface area contributed by atoms with Crippen molar-refractivity contribution in [2.75, 3.05) is 5.32 Å². The van der Waals surface area contributed by atoms with Crippen LogP contribution in [-0.2, 0) is 6.54 Å². The summed E-state index contributed by atoms with van der Waals surface area (Å²) in [5, 5.41) is 6.16. The number of rotatable bonds is 6. The van der Waals surface area contributed by atoms with E-state index in [9.17, 15) is 4.79 Å². The van der Waals surface area contributed by atoms with Crippen molar-refractivity contribution in [3.8, 4) is 0 Å². The number of hydrogen-bond donors (Lipinski definition) is 2. The van der Waals surface area contributed by atoms with E-state index in [1.54, 1.807) is 6.20 Å². The van der Waals surface area contributed by atoms with Crippen molar-refractivity contribution >= 4 is 11.7 Å². The van der Waals surface area contributed by atoms with Crippen molar-refractivity contribution in [2.24, 2.45) is 0 Å². The Balaban J connectivity index is 1.58. The highest BCUT2D eigenvalue weighted by molar-refractivity contribution is 5.91. The van der Waals surface area contributed by atoms with Crippen molar-refractivity contribution in [3.05, 3.63) is 89.4 Å². The maximum atomic E-state index is 12.3. The molecule has 5 heteroatoms. The Kier molecular flexibility index (Phi) is 5.59. The summed E-state index contributed by atoms with van der Waals surface area (Å²) in [6.07, 6.45) is 3.08. The molecule has 26 heavy (non-hydrogen) atoms. The van der Waals surface area contributed by atoms with Gasteiger partial charge in [0.15, 0.2) is 0 Å². The zero-order valence-electron chi connectivity index (χ0n) is 14.9. The van der Waals surface area contributed by atoms with Crippen LogP contribution in [0.4, 0.5) is 5.82 Å². The van der Waals surface area contributed by atoms with Crippen LogP contribution in [0.5, 0.6) is 0 Å². The molecule has 1 heterocycles. The molecule has 1 unspecified atom stereocenters. The number of nitrogens with one attached hydrogen (secondary N) is 2. The Morgan fingerprint density at radius 2 is 1.73 bits per heavy atom. The number of benzene rings is 2. The van der Waals surface area contributed by atoms with E-state index in [2.05, 4.69) is 39.7 Å². The van der Waals surface area contributed by atoms with Gasteiger partial charge in [0.1, 0.15) is 11.5 Å². The summed E-state index contributed by atoms with van der Waals surface area (Å²) in [7, 11) is 0. The molecule has 0 fully saturated rings. The predicted molar refractivity (Wildman–Crippen MR) is 103 cm³/mol. The first-order valence-corrected chi connectivity index (χ1v) is 8.59. The minimum atomic E-state index is -0.233. The summed E-state index contributed by atoms with van der Waals surface area (Å²) < 4.78 is 0. The van der Waals surface area contributed by atoms with E-state index in [0.29, 0.717) is 18.1 Å². The van der Waals surface area contributed by atoms with Crippen LogP contribution in [0.1, 0.15) is 40.1 Å². The Labute approximate surface area is 153 Å². The van der Waals surface area contributed by atoms with Crippen LogP contribution in [0.25, 0.3) is 0 Å². The number of nitrogens with zero attached hydrogens (tertiary/aromatic N) is 2. The summed E-state index contributed by atoms with van der Waals surface area (Å²) in [4.78, 5) is 20.8. The topological polar surface area (TPSA) is 66.9 Å². The minimum absolute atomic E-state index is 0.103. The summed E-state index contributed by atoms with van der Waals surface area (Å²) in [6, 6.07) is 18.2. The van der Waals surface area contributed by atoms with Gasteiger partial charge in [-0.25, -0.2) is 9.97 Å². The molecule has 1 amide bonds. The molecule has 0 aliphatic heterocycles. The van der Waals surface area contributed by atoms with E-state index in [0.717, 1.165) is 16.7 Å². The second kappa shape index (κ2) is 8.25. The van der Waals surface area contributed by atoms with E-state index in [-0.39, 0.29) is 11.9 Å². The van der Waals surface area contributed by atoms with Crippen LogP contribution in [0, 0.1) is 6.92 Å². The molecule has 2 aromatic carbocycles. The lowest BCUT2D eigenvalue weighted by Crippen LogP contribution is -2.24. The fourth-order valence-corrected chi connectivity index (χ4v) is 2.64. The molecule has 1 atom stereocenters. The number of aryl methyl sites for hydroxylation is 1. The van der Waals surface area contributed by atoms with E-state index < -0.39 is 0 Å². The van der Waals surface area contributed by atoms with Crippen molar-refractivity contribution in [1.29, 1.82) is 0 Å². The molecule has 132 valence electrons. The van der Waals surface area contributed by atoms with Crippen LogP contribution in [-0.4, -0.2) is 15.9 Å². The predicted octanol–water partition coefficient (Wildman–Crippen LogP) is 3.89.